The molecule has 0 radical (unpaired) electrons. The van der Waals surface area contributed by atoms with Crippen LogP contribution in [-0.4, -0.2) is 22.2 Å². The van der Waals surface area contributed by atoms with Gasteiger partial charge in [-0.15, -0.1) is 0 Å². The Morgan fingerprint density at radius 1 is 0.760 bits per heavy atom. The molecule has 0 aliphatic carbocycles. The Morgan fingerprint density at radius 3 is 2.00 bits per heavy atom. The van der Waals surface area contributed by atoms with Crippen LogP contribution in [-0.2, 0) is 9.59 Å². The van der Waals surface area contributed by atoms with Crippen LogP contribution in [0.2, 0.25) is 0 Å². The molecule has 0 amide bonds. The first-order valence-corrected chi connectivity index (χ1v) is 10.2. The van der Waals surface area contributed by atoms with Crippen LogP contribution in [0.25, 0.3) is 0 Å². The number of carboxylic acid groups (broad SMARTS) is 2. The van der Waals surface area contributed by atoms with Crippen molar-refractivity contribution in [2.45, 2.75) is 103 Å². The summed E-state index contributed by atoms with van der Waals surface area (Å²) in [6.45, 7) is 2.20. The van der Waals surface area contributed by atoms with E-state index in [1.807, 2.05) is 0 Å². The second-order valence-corrected chi connectivity index (χ2v) is 7.02. The average Bonchev–Trinajstić information content (AvgIpc) is 2.56. The second kappa shape index (κ2) is 17.5. The van der Waals surface area contributed by atoms with E-state index in [4.69, 9.17) is 10.2 Å². The molecule has 0 aromatic heterocycles. The van der Waals surface area contributed by atoms with E-state index >= 15 is 0 Å². The van der Waals surface area contributed by atoms with Gasteiger partial charge in [0.25, 0.3) is 0 Å². The van der Waals surface area contributed by atoms with Crippen molar-refractivity contribution in [3.63, 3.8) is 0 Å². The summed E-state index contributed by atoms with van der Waals surface area (Å²) >= 11 is 0. The summed E-state index contributed by atoms with van der Waals surface area (Å²) in [6.07, 6.45) is 19.3. The molecular formula is C21H38O4. The van der Waals surface area contributed by atoms with E-state index in [9.17, 15) is 9.59 Å². The Hall–Kier alpha value is -1.32. The first-order chi connectivity index (χ1) is 12.1. The maximum absolute atomic E-state index is 10.8. The summed E-state index contributed by atoms with van der Waals surface area (Å²) in [4.78, 5) is 21.2. The molecule has 4 nitrogen and oxygen atoms in total. The Bertz CT molecular complexity index is 363. The average molecular weight is 355 g/mol. The predicted molar refractivity (Wildman–Crippen MR) is 103 cm³/mol. The summed E-state index contributed by atoms with van der Waals surface area (Å²) in [7, 11) is 0. The number of carboxylic acids is 2. The third-order valence-corrected chi connectivity index (χ3v) is 4.58. The Kier molecular flexibility index (Phi) is 16.6. The molecule has 0 heterocycles. The number of hydrogen-bond donors (Lipinski definition) is 2. The lowest BCUT2D eigenvalue weighted by molar-refractivity contribution is -0.138. The van der Waals surface area contributed by atoms with Crippen LogP contribution in [0.1, 0.15) is 103 Å². The molecule has 1 atom stereocenters. The lowest BCUT2D eigenvalue weighted by Crippen LogP contribution is -2.02. The molecular weight excluding hydrogens is 316 g/mol. The van der Waals surface area contributed by atoms with Crippen LogP contribution in [0.4, 0.5) is 0 Å². The first kappa shape index (κ1) is 23.7. The quantitative estimate of drug-likeness (QED) is 0.227. The third-order valence-electron chi connectivity index (χ3n) is 4.58. The van der Waals surface area contributed by atoms with Crippen molar-refractivity contribution < 1.29 is 19.8 Å². The van der Waals surface area contributed by atoms with Gasteiger partial charge in [-0.25, -0.2) is 0 Å². The predicted octanol–water partition coefficient (Wildman–Crippen LogP) is 6.20. The van der Waals surface area contributed by atoms with Gasteiger partial charge in [0.05, 0.1) is 0 Å². The van der Waals surface area contributed by atoms with Gasteiger partial charge in [-0.05, 0) is 38.0 Å². The molecule has 1 unspecified atom stereocenters. The standard InChI is InChI=1S/C21H38O4/c1-2-3-4-11-14-19(17-18-21(24)25)15-12-9-7-5-6-8-10-13-16-20(22)23/h12,15,19H,2-11,13-14,16-18H2,1H3,(H,22,23)(H,24,25)/b15-12+. The number of rotatable bonds is 18. The number of carbonyl (C=O) groups is 2. The van der Waals surface area contributed by atoms with E-state index in [1.54, 1.807) is 0 Å². The van der Waals surface area contributed by atoms with Crippen LogP contribution in [0.5, 0.6) is 0 Å². The normalized spacial score (nSPS) is 12.5. The van der Waals surface area contributed by atoms with Gasteiger partial charge in [-0.2, -0.15) is 0 Å². The van der Waals surface area contributed by atoms with Gasteiger partial charge < -0.3 is 10.2 Å². The van der Waals surface area contributed by atoms with Crippen molar-refractivity contribution in [3.05, 3.63) is 12.2 Å². The lowest BCUT2D eigenvalue weighted by Gasteiger charge is -2.11. The molecule has 0 fully saturated rings. The number of allylic oxidation sites excluding steroid dienone is 2. The molecule has 0 aliphatic rings. The zero-order valence-electron chi connectivity index (χ0n) is 16.0. The minimum atomic E-state index is -0.699. The van der Waals surface area contributed by atoms with Crippen molar-refractivity contribution in [2.24, 2.45) is 5.92 Å². The van der Waals surface area contributed by atoms with E-state index in [0.29, 0.717) is 12.3 Å². The maximum Gasteiger partial charge on any atom is 0.303 e. The second-order valence-electron chi connectivity index (χ2n) is 7.02. The highest BCUT2D eigenvalue weighted by Crippen LogP contribution is 2.19. The van der Waals surface area contributed by atoms with E-state index in [2.05, 4.69) is 19.1 Å². The summed E-state index contributed by atoms with van der Waals surface area (Å²) in [5.74, 6) is -0.990. The monoisotopic (exact) mass is 354 g/mol. The molecule has 146 valence electrons. The minimum Gasteiger partial charge on any atom is -0.481 e. The molecule has 0 spiro atoms. The molecule has 0 rings (SSSR count). The summed E-state index contributed by atoms with van der Waals surface area (Å²) in [5.41, 5.74) is 0. The third kappa shape index (κ3) is 18.9. The van der Waals surface area contributed by atoms with E-state index in [1.165, 1.54) is 38.5 Å². The van der Waals surface area contributed by atoms with E-state index < -0.39 is 11.9 Å². The highest BCUT2D eigenvalue weighted by Gasteiger charge is 2.07. The van der Waals surface area contributed by atoms with Gasteiger partial charge in [0.2, 0.25) is 0 Å². The molecule has 2 N–H and O–H groups in total. The Balaban J connectivity index is 3.76. The largest absolute Gasteiger partial charge is 0.481 e. The van der Waals surface area contributed by atoms with Gasteiger partial charge >= 0.3 is 11.9 Å². The molecule has 0 saturated carbocycles. The molecule has 25 heavy (non-hydrogen) atoms. The van der Waals surface area contributed by atoms with Crippen LogP contribution in [0, 0.1) is 5.92 Å². The fourth-order valence-electron chi connectivity index (χ4n) is 3.01. The Labute approximate surface area is 153 Å². The smallest absolute Gasteiger partial charge is 0.303 e. The molecule has 0 aromatic carbocycles. The Morgan fingerprint density at radius 2 is 1.36 bits per heavy atom. The van der Waals surface area contributed by atoms with Gasteiger partial charge in [0.1, 0.15) is 0 Å². The fraction of sp³-hybridized carbons (Fsp3) is 0.810. The maximum atomic E-state index is 10.8. The molecule has 0 bridgehead atoms. The zero-order chi connectivity index (χ0) is 18.8. The van der Waals surface area contributed by atoms with Crippen molar-refractivity contribution in [1.82, 2.24) is 0 Å². The zero-order valence-corrected chi connectivity index (χ0v) is 16.0. The number of aliphatic carboxylic acids is 2. The number of hydrogen-bond acceptors (Lipinski definition) is 2. The van der Waals surface area contributed by atoms with Crippen LogP contribution >= 0.6 is 0 Å². The molecule has 0 saturated heterocycles. The van der Waals surface area contributed by atoms with Crippen molar-refractivity contribution in [1.29, 1.82) is 0 Å². The molecule has 0 aromatic rings. The van der Waals surface area contributed by atoms with E-state index in [-0.39, 0.29) is 6.42 Å². The van der Waals surface area contributed by atoms with Crippen molar-refractivity contribution >= 4 is 11.9 Å². The topological polar surface area (TPSA) is 74.6 Å². The van der Waals surface area contributed by atoms with Gasteiger partial charge in [-0.1, -0.05) is 70.4 Å². The highest BCUT2D eigenvalue weighted by atomic mass is 16.4. The SMILES string of the molecule is CCCCCCC(/C=C/CCCCCCCCC(=O)O)CCC(=O)O. The minimum absolute atomic E-state index is 0.263. The molecule has 0 aliphatic heterocycles. The lowest BCUT2D eigenvalue weighted by atomic mass is 9.95. The summed E-state index contributed by atoms with van der Waals surface area (Å²) < 4.78 is 0. The highest BCUT2D eigenvalue weighted by molar-refractivity contribution is 5.66. The van der Waals surface area contributed by atoms with Crippen LogP contribution in [0.3, 0.4) is 0 Å². The summed E-state index contributed by atoms with van der Waals surface area (Å²) in [6, 6.07) is 0. The fourth-order valence-corrected chi connectivity index (χ4v) is 3.01. The number of unbranched alkanes of at least 4 members (excludes halogenated alkanes) is 9. The van der Waals surface area contributed by atoms with Crippen molar-refractivity contribution in [3.8, 4) is 0 Å². The van der Waals surface area contributed by atoms with Gasteiger partial charge in [-0.3, -0.25) is 9.59 Å². The van der Waals surface area contributed by atoms with Gasteiger partial charge in [0, 0.05) is 12.8 Å². The summed E-state index contributed by atoms with van der Waals surface area (Å²) in [5, 5.41) is 17.4. The van der Waals surface area contributed by atoms with Gasteiger partial charge in [0.15, 0.2) is 0 Å². The van der Waals surface area contributed by atoms with E-state index in [0.717, 1.165) is 44.9 Å². The van der Waals surface area contributed by atoms with Crippen molar-refractivity contribution in [2.75, 3.05) is 0 Å². The van der Waals surface area contributed by atoms with Crippen LogP contribution in [0.15, 0.2) is 12.2 Å². The van der Waals surface area contributed by atoms with Crippen LogP contribution < -0.4 is 0 Å². The first-order valence-electron chi connectivity index (χ1n) is 10.2. The molecule has 4 heteroatoms.